The number of hydrogen-bond acceptors (Lipinski definition) is 4. The first kappa shape index (κ1) is 12.4. The van der Waals surface area contributed by atoms with E-state index in [9.17, 15) is 19.3 Å². The van der Waals surface area contributed by atoms with Crippen molar-refractivity contribution in [3.8, 4) is 18.1 Å². The molecule has 7 heteroatoms. The Morgan fingerprint density at radius 1 is 1.65 bits per heavy atom. The number of ether oxygens (including phenoxy) is 1. The Morgan fingerprint density at radius 2 is 2.29 bits per heavy atom. The third-order valence-corrected chi connectivity index (χ3v) is 1.79. The lowest BCUT2D eigenvalue weighted by Gasteiger charge is -2.05. The maximum Gasteiger partial charge on any atom is 0.342 e. The second-order valence-electron chi connectivity index (χ2n) is 2.85. The van der Waals surface area contributed by atoms with Crippen LogP contribution < -0.4 is 4.74 Å². The zero-order valence-corrected chi connectivity index (χ0v) is 8.34. The van der Waals surface area contributed by atoms with Crippen molar-refractivity contribution >= 4 is 11.7 Å². The van der Waals surface area contributed by atoms with E-state index in [1.54, 1.807) is 0 Å². The minimum atomic E-state index is -1.55. The molecule has 0 amide bonds. The van der Waals surface area contributed by atoms with Crippen molar-refractivity contribution in [3.63, 3.8) is 0 Å². The Bertz CT molecular complexity index is 520. The number of nitro benzene ring substituents is 1. The predicted octanol–water partition coefficient (Wildman–Crippen LogP) is 1.44. The van der Waals surface area contributed by atoms with Crippen LogP contribution in [0.2, 0.25) is 0 Å². The van der Waals surface area contributed by atoms with Crippen molar-refractivity contribution in [2.45, 2.75) is 0 Å². The average molecular weight is 239 g/mol. The summed E-state index contributed by atoms with van der Waals surface area (Å²) in [7, 11) is 0. The van der Waals surface area contributed by atoms with E-state index in [4.69, 9.17) is 16.3 Å². The lowest BCUT2D eigenvalue weighted by Crippen LogP contribution is -2.05. The van der Waals surface area contributed by atoms with Crippen molar-refractivity contribution in [1.29, 1.82) is 0 Å². The molecule has 0 unspecified atom stereocenters. The third-order valence-electron chi connectivity index (χ3n) is 1.79. The highest BCUT2D eigenvalue weighted by Crippen LogP contribution is 2.27. The quantitative estimate of drug-likeness (QED) is 0.487. The Labute approximate surface area is 94.8 Å². The molecule has 0 saturated carbocycles. The summed E-state index contributed by atoms with van der Waals surface area (Å²) in [6.45, 7) is -0.270. The van der Waals surface area contributed by atoms with Crippen molar-refractivity contribution in [3.05, 3.63) is 33.6 Å². The maximum atomic E-state index is 13.3. The molecule has 0 saturated heterocycles. The summed E-state index contributed by atoms with van der Waals surface area (Å²) in [5, 5.41) is 19.2. The number of hydrogen-bond donors (Lipinski definition) is 1. The SMILES string of the molecule is C#CCOc1cc(C(=O)O)c([N+](=O)[O-])cc1F. The van der Waals surface area contributed by atoms with Gasteiger partial charge in [0.1, 0.15) is 12.2 Å². The van der Waals surface area contributed by atoms with Crippen molar-refractivity contribution in [2.75, 3.05) is 6.61 Å². The monoisotopic (exact) mass is 239 g/mol. The van der Waals surface area contributed by atoms with Crippen LogP contribution in [-0.4, -0.2) is 22.6 Å². The topological polar surface area (TPSA) is 89.7 Å². The van der Waals surface area contributed by atoms with Crippen LogP contribution in [0, 0.1) is 28.3 Å². The molecule has 0 spiro atoms. The molecule has 88 valence electrons. The predicted molar refractivity (Wildman–Crippen MR) is 54.3 cm³/mol. The first-order chi connectivity index (χ1) is 7.97. The average Bonchev–Trinajstić information content (AvgIpc) is 2.26. The summed E-state index contributed by atoms with van der Waals surface area (Å²) in [6.07, 6.45) is 4.88. The zero-order chi connectivity index (χ0) is 13.0. The van der Waals surface area contributed by atoms with E-state index in [0.29, 0.717) is 6.07 Å². The molecule has 0 atom stereocenters. The molecule has 17 heavy (non-hydrogen) atoms. The number of nitrogens with zero attached hydrogens (tertiary/aromatic N) is 1. The lowest BCUT2D eigenvalue weighted by molar-refractivity contribution is -0.385. The fourth-order valence-corrected chi connectivity index (χ4v) is 1.10. The summed E-state index contributed by atoms with van der Waals surface area (Å²) in [5.74, 6) is -0.978. The third kappa shape index (κ3) is 2.69. The Morgan fingerprint density at radius 3 is 2.76 bits per heavy atom. The smallest absolute Gasteiger partial charge is 0.342 e. The van der Waals surface area contributed by atoms with Gasteiger partial charge in [0.05, 0.1) is 11.0 Å². The Balaban J connectivity index is 3.30. The van der Waals surface area contributed by atoms with Gasteiger partial charge in [0.15, 0.2) is 11.6 Å². The molecule has 1 rings (SSSR count). The minimum absolute atomic E-state index is 0.270. The van der Waals surface area contributed by atoms with Gasteiger partial charge in [-0.15, -0.1) is 6.42 Å². The highest BCUT2D eigenvalue weighted by atomic mass is 19.1. The van der Waals surface area contributed by atoms with Gasteiger partial charge in [0, 0.05) is 6.07 Å². The van der Waals surface area contributed by atoms with Crippen LogP contribution in [-0.2, 0) is 0 Å². The summed E-state index contributed by atoms with van der Waals surface area (Å²) in [6, 6.07) is 1.21. The second kappa shape index (κ2) is 4.94. The van der Waals surface area contributed by atoms with E-state index in [0.717, 1.165) is 6.07 Å². The number of nitro groups is 1. The first-order valence-corrected chi connectivity index (χ1v) is 4.25. The van der Waals surface area contributed by atoms with Crippen LogP contribution in [0.15, 0.2) is 12.1 Å². The molecule has 0 radical (unpaired) electrons. The molecule has 0 aliphatic heterocycles. The molecule has 1 aromatic carbocycles. The van der Waals surface area contributed by atoms with Gasteiger partial charge in [0.25, 0.3) is 5.69 Å². The van der Waals surface area contributed by atoms with Crippen molar-refractivity contribution in [2.24, 2.45) is 0 Å². The number of aromatic carboxylic acids is 1. The normalized spacial score (nSPS) is 9.41. The van der Waals surface area contributed by atoms with Gasteiger partial charge >= 0.3 is 5.97 Å². The molecule has 0 fully saturated rings. The largest absolute Gasteiger partial charge is 0.478 e. The Kier molecular flexibility index (Phi) is 3.62. The zero-order valence-electron chi connectivity index (χ0n) is 8.34. The molecule has 0 aliphatic carbocycles. The van der Waals surface area contributed by atoms with E-state index >= 15 is 0 Å². The molecule has 1 N–H and O–H groups in total. The van der Waals surface area contributed by atoms with Gasteiger partial charge in [-0.25, -0.2) is 9.18 Å². The highest BCUT2D eigenvalue weighted by molar-refractivity contribution is 5.92. The number of carbonyl (C=O) groups is 1. The van der Waals surface area contributed by atoms with Crippen LogP contribution >= 0.6 is 0 Å². The van der Waals surface area contributed by atoms with Crippen LogP contribution in [0.1, 0.15) is 10.4 Å². The summed E-state index contributed by atoms with van der Waals surface area (Å²) >= 11 is 0. The molecule has 0 aliphatic rings. The molecule has 0 bridgehead atoms. The number of terminal acetylenes is 1. The summed E-state index contributed by atoms with van der Waals surface area (Å²) in [5.41, 5.74) is -1.51. The van der Waals surface area contributed by atoms with Crippen LogP contribution in [0.3, 0.4) is 0 Å². The number of carboxylic acid groups (broad SMARTS) is 1. The molecular weight excluding hydrogens is 233 g/mol. The van der Waals surface area contributed by atoms with Gasteiger partial charge in [0.2, 0.25) is 0 Å². The second-order valence-corrected chi connectivity index (χ2v) is 2.85. The van der Waals surface area contributed by atoms with E-state index in [-0.39, 0.29) is 6.61 Å². The van der Waals surface area contributed by atoms with Gasteiger partial charge in [-0.3, -0.25) is 10.1 Å². The first-order valence-electron chi connectivity index (χ1n) is 4.25. The van der Waals surface area contributed by atoms with E-state index in [1.807, 2.05) is 0 Å². The van der Waals surface area contributed by atoms with E-state index in [2.05, 4.69) is 5.92 Å². The van der Waals surface area contributed by atoms with E-state index in [1.165, 1.54) is 0 Å². The number of halogens is 1. The standard InChI is InChI=1S/C10H6FNO5/c1-2-3-17-9-4-6(10(13)14)8(12(15)16)5-7(9)11/h1,4-5H,3H2,(H,13,14). The molecule has 0 aromatic heterocycles. The van der Waals surface area contributed by atoms with Gasteiger partial charge in [-0.05, 0) is 0 Å². The molecule has 1 aromatic rings. The maximum absolute atomic E-state index is 13.3. The number of benzene rings is 1. The van der Waals surface area contributed by atoms with Crippen molar-refractivity contribution < 1.29 is 24.0 Å². The van der Waals surface area contributed by atoms with Crippen LogP contribution in [0.4, 0.5) is 10.1 Å². The van der Waals surface area contributed by atoms with Gasteiger partial charge in [-0.1, -0.05) is 5.92 Å². The molecular formula is C10H6FNO5. The Hall–Kier alpha value is -2.62. The summed E-state index contributed by atoms with van der Waals surface area (Å²) in [4.78, 5) is 20.3. The fraction of sp³-hybridized carbons (Fsp3) is 0.100. The van der Waals surface area contributed by atoms with E-state index < -0.39 is 33.7 Å². The summed E-state index contributed by atoms with van der Waals surface area (Å²) < 4.78 is 18.0. The van der Waals surface area contributed by atoms with Crippen LogP contribution in [0.25, 0.3) is 0 Å². The van der Waals surface area contributed by atoms with Gasteiger partial charge < -0.3 is 9.84 Å². The highest BCUT2D eigenvalue weighted by Gasteiger charge is 2.23. The lowest BCUT2D eigenvalue weighted by atomic mass is 10.1. The molecule has 6 nitrogen and oxygen atoms in total. The number of rotatable bonds is 4. The van der Waals surface area contributed by atoms with Crippen LogP contribution in [0.5, 0.6) is 5.75 Å². The van der Waals surface area contributed by atoms with Gasteiger partial charge in [-0.2, -0.15) is 0 Å². The minimum Gasteiger partial charge on any atom is -0.478 e. The molecule has 0 heterocycles. The fourth-order valence-electron chi connectivity index (χ4n) is 1.10. The van der Waals surface area contributed by atoms with Crippen molar-refractivity contribution in [1.82, 2.24) is 0 Å². The number of carboxylic acids is 1.